The van der Waals surface area contributed by atoms with E-state index in [1.807, 2.05) is 6.92 Å². The van der Waals surface area contributed by atoms with Crippen LogP contribution in [0.2, 0.25) is 0 Å². The molecule has 0 radical (unpaired) electrons. The molecule has 2 heterocycles. The lowest BCUT2D eigenvalue weighted by molar-refractivity contribution is 0.0437. The maximum absolute atomic E-state index is 12.5. The molecule has 20 heavy (non-hydrogen) atoms. The van der Waals surface area contributed by atoms with Crippen molar-refractivity contribution in [3.63, 3.8) is 0 Å². The summed E-state index contributed by atoms with van der Waals surface area (Å²) in [5.41, 5.74) is 0.391. The van der Waals surface area contributed by atoms with Crippen molar-refractivity contribution < 1.29 is 14.7 Å². The van der Waals surface area contributed by atoms with Crippen LogP contribution in [-0.4, -0.2) is 45.0 Å². The third kappa shape index (κ3) is 3.10. The minimum atomic E-state index is -0.687. The van der Waals surface area contributed by atoms with Gasteiger partial charge in [0.25, 0.3) is 5.91 Å². The van der Waals surface area contributed by atoms with E-state index in [1.54, 1.807) is 28.8 Å². The van der Waals surface area contributed by atoms with Crippen LogP contribution in [0.25, 0.3) is 0 Å². The molecule has 0 aromatic carbocycles. The zero-order chi connectivity index (χ0) is 14.9. The second kappa shape index (κ2) is 5.40. The molecule has 1 unspecified atom stereocenters. The quantitative estimate of drug-likeness (QED) is 0.836. The van der Waals surface area contributed by atoms with Gasteiger partial charge in [0.15, 0.2) is 5.78 Å². The molecule has 2 rings (SSSR count). The molecule has 1 aromatic rings. The van der Waals surface area contributed by atoms with E-state index in [-0.39, 0.29) is 11.7 Å². The van der Waals surface area contributed by atoms with E-state index in [2.05, 4.69) is 0 Å². The van der Waals surface area contributed by atoms with Gasteiger partial charge in [0.05, 0.1) is 5.60 Å². The van der Waals surface area contributed by atoms with Crippen LogP contribution < -0.4 is 0 Å². The van der Waals surface area contributed by atoms with Gasteiger partial charge in [-0.05, 0) is 39.2 Å². The highest BCUT2D eigenvalue weighted by Gasteiger charge is 2.28. The first-order valence-electron chi connectivity index (χ1n) is 6.99. The summed E-state index contributed by atoms with van der Waals surface area (Å²) in [6, 6.07) is 1.65. The van der Waals surface area contributed by atoms with Gasteiger partial charge in [0, 0.05) is 31.9 Å². The Kier molecular flexibility index (Phi) is 3.99. The van der Waals surface area contributed by atoms with Crippen LogP contribution in [0.15, 0.2) is 12.3 Å². The molecule has 5 heteroatoms. The highest BCUT2D eigenvalue weighted by atomic mass is 16.3. The summed E-state index contributed by atoms with van der Waals surface area (Å²) in [6.07, 6.45) is 3.78. The first kappa shape index (κ1) is 14.8. The Labute approximate surface area is 119 Å². The van der Waals surface area contributed by atoms with E-state index in [9.17, 15) is 14.7 Å². The van der Waals surface area contributed by atoms with E-state index in [4.69, 9.17) is 0 Å². The monoisotopic (exact) mass is 278 g/mol. The van der Waals surface area contributed by atoms with Gasteiger partial charge in [-0.25, -0.2) is 0 Å². The molecule has 0 saturated carbocycles. The van der Waals surface area contributed by atoms with Gasteiger partial charge >= 0.3 is 0 Å². The van der Waals surface area contributed by atoms with Gasteiger partial charge in [0.1, 0.15) is 5.69 Å². The number of aliphatic hydroxyl groups is 1. The number of carbonyl (C=O) groups is 2. The molecule has 1 amide bonds. The lowest BCUT2D eigenvalue weighted by atomic mass is 9.98. The van der Waals surface area contributed by atoms with E-state index in [1.165, 1.54) is 6.92 Å². The number of carbonyl (C=O) groups excluding carboxylic acids is 2. The Morgan fingerprint density at radius 1 is 1.30 bits per heavy atom. The lowest BCUT2D eigenvalue weighted by Crippen LogP contribution is -2.34. The molecule has 1 saturated heterocycles. The predicted molar refractivity (Wildman–Crippen MR) is 75.8 cm³/mol. The first-order valence-corrected chi connectivity index (χ1v) is 6.99. The van der Waals surface area contributed by atoms with Crippen molar-refractivity contribution in [2.45, 2.75) is 38.7 Å². The molecule has 1 aliphatic rings. The van der Waals surface area contributed by atoms with Gasteiger partial charge in [-0.15, -0.1) is 0 Å². The van der Waals surface area contributed by atoms with Crippen molar-refractivity contribution in [3.8, 4) is 0 Å². The highest BCUT2D eigenvalue weighted by molar-refractivity contribution is 5.99. The minimum absolute atomic E-state index is 0.0431. The van der Waals surface area contributed by atoms with Gasteiger partial charge < -0.3 is 14.6 Å². The fraction of sp³-hybridized carbons (Fsp3) is 0.600. The molecule has 1 atom stereocenters. The predicted octanol–water partition coefficient (Wildman–Crippen LogP) is 1.60. The van der Waals surface area contributed by atoms with Crippen molar-refractivity contribution in [2.75, 3.05) is 13.1 Å². The van der Waals surface area contributed by atoms with E-state index in [0.717, 1.165) is 6.42 Å². The third-order valence-electron chi connectivity index (χ3n) is 3.98. The molecule has 110 valence electrons. The van der Waals surface area contributed by atoms with Crippen molar-refractivity contribution in [2.24, 2.45) is 7.05 Å². The zero-order valence-electron chi connectivity index (χ0n) is 12.3. The SMILES string of the molecule is CC(=O)c1cc(C(=O)N2CCCC(C)(O)CC2)n(C)c1. The summed E-state index contributed by atoms with van der Waals surface area (Å²) in [6.45, 7) is 4.51. The standard InChI is InChI=1S/C15H22N2O3/c1-11(18)12-9-13(16(3)10-12)14(19)17-7-4-5-15(2,20)6-8-17/h9-10,20H,4-8H2,1-3H3. The van der Waals surface area contributed by atoms with Gasteiger partial charge in [-0.3, -0.25) is 9.59 Å². The Bertz CT molecular complexity index is 531. The van der Waals surface area contributed by atoms with Gasteiger partial charge in [0.2, 0.25) is 0 Å². The smallest absolute Gasteiger partial charge is 0.270 e. The number of Topliss-reactive ketones (excluding diaryl/α,β-unsaturated/α-hetero) is 1. The highest BCUT2D eigenvalue weighted by Crippen LogP contribution is 2.22. The van der Waals surface area contributed by atoms with Crippen LogP contribution in [0, 0.1) is 0 Å². The van der Waals surface area contributed by atoms with E-state index < -0.39 is 5.60 Å². The maximum atomic E-state index is 12.5. The molecule has 1 aliphatic heterocycles. The summed E-state index contributed by atoms with van der Waals surface area (Å²) in [5, 5.41) is 10.1. The fourth-order valence-electron chi connectivity index (χ4n) is 2.60. The molecule has 1 N–H and O–H groups in total. The molecule has 0 bridgehead atoms. The van der Waals surface area contributed by atoms with Gasteiger partial charge in [-0.1, -0.05) is 0 Å². The Hall–Kier alpha value is -1.62. The summed E-state index contributed by atoms with van der Waals surface area (Å²) < 4.78 is 1.70. The molecule has 0 spiro atoms. The molecule has 0 aliphatic carbocycles. The van der Waals surface area contributed by atoms with Crippen LogP contribution in [0.4, 0.5) is 0 Å². The third-order valence-corrected chi connectivity index (χ3v) is 3.98. The van der Waals surface area contributed by atoms with Crippen LogP contribution in [0.3, 0.4) is 0 Å². The first-order chi connectivity index (χ1) is 9.30. The summed E-state index contributed by atoms with van der Waals surface area (Å²) in [7, 11) is 1.77. The normalized spacial score (nSPS) is 23.5. The Morgan fingerprint density at radius 2 is 2.00 bits per heavy atom. The van der Waals surface area contributed by atoms with Crippen molar-refractivity contribution in [1.29, 1.82) is 0 Å². The number of hydrogen-bond acceptors (Lipinski definition) is 3. The molecular formula is C15H22N2O3. The average Bonchev–Trinajstić information content (AvgIpc) is 2.65. The number of aromatic nitrogens is 1. The second-order valence-electron chi connectivity index (χ2n) is 5.92. The molecule has 1 fully saturated rings. The number of amides is 1. The van der Waals surface area contributed by atoms with E-state index in [0.29, 0.717) is 37.2 Å². The van der Waals surface area contributed by atoms with Crippen LogP contribution in [0.5, 0.6) is 0 Å². The van der Waals surface area contributed by atoms with Crippen molar-refractivity contribution in [1.82, 2.24) is 9.47 Å². The lowest BCUT2D eigenvalue weighted by Gasteiger charge is -2.22. The van der Waals surface area contributed by atoms with Crippen LogP contribution >= 0.6 is 0 Å². The minimum Gasteiger partial charge on any atom is -0.390 e. The fourth-order valence-corrected chi connectivity index (χ4v) is 2.60. The molecule has 1 aromatic heterocycles. The summed E-state index contributed by atoms with van der Waals surface area (Å²) in [4.78, 5) is 25.7. The summed E-state index contributed by atoms with van der Waals surface area (Å²) >= 11 is 0. The number of rotatable bonds is 2. The number of nitrogens with zero attached hydrogens (tertiary/aromatic N) is 2. The maximum Gasteiger partial charge on any atom is 0.270 e. The second-order valence-corrected chi connectivity index (χ2v) is 5.92. The van der Waals surface area contributed by atoms with Crippen molar-refractivity contribution in [3.05, 3.63) is 23.5 Å². The Morgan fingerprint density at radius 3 is 2.60 bits per heavy atom. The van der Waals surface area contributed by atoms with Crippen LogP contribution in [-0.2, 0) is 7.05 Å². The molecule has 5 nitrogen and oxygen atoms in total. The zero-order valence-corrected chi connectivity index (χ0v) is 12.3. The van der Waals surface area contributed by atoms with Gasteiger partial charge in [-0.2, -0.15) is 0 Å². The van der Waals surface area contributed by atoms with Crippen molar-refractivity contribution >= 4 is 11.7 Å². The topological polar surface area (TPSA) is 62.5 Å². The number of hydrogen-bond donors (Lipinski definition) is 1. The van der Waals surface area contributed by atoms with Crippen LogP contribution in [0.1, 0.15) is 54.0 Å². The van der Waals surface area contributed by atoms with E-state index >= 15 is 0 Å². The Balaban J connectivity index is 2.17. The number of aryl methyl sites for hydroxylation is 1. The number of ketones is 1. The largest absolute Gasteiger partial charge is 0.390 e. The molecular weight excluding hydrogens is 256 g/mol. The average molecular weight is 278 g/mol. The number of likely N-dealkylation sites (tertiary alicyclic amines) is 1. The summed E-state index contributed by atoms with van der Waals surface area (Å²) in [5.74, 6) is -0.115.